The molecule has 0 saturated carbocycles. The van der Waals surface area contributed by atoms with Crippen LogP contribution in [0.3, 0.4) is 0 Å². The van der Waals surface area contributed by atoms with Crippen LogP contribution in [0.5, 0.6) is 0 Å². The van der Waals surface area contributed by atoms with E-state index >= 15 is 0 Å². The third kappa shape index (κ3) is 4.87. The van der Waals surface area contributed by atoms with Crippen molar-refractivity contribution in [2.45, 2.75) is 26.4 Å². The molecule has 144 valence electrons. The molecule has 1 aromatic heterocycles. The number of amides is 1. The van der Waals surface area contributed by atoms with Crippen molar-refractivity contribution >= 4 is 28.9 Å². The van der Waals surface area contributed by atoms with E-state index in [1.165, 1.54) is 30.0 Å². The van der Waals surface area contributed by atoms with E-state index in [0.717, 1.165) is 5.69 Å². The van der Waals surface area contributed by atoms with Crippen LogP contribution < -0.4 is 10.2 Å². The lowest BCUT2D eigenvalue weighted by Gasteiger charge is -2.29. The monoisotopic (exact) mass is 397 g/mol. The van der Waals surface area contributed by atoms with Crippen molar-refractivity contribution in [3.63, 3.8) is 0 Å². The average Bonchev–Trinajstić information content (AvgIpc) is 2.69. The van der Waals surface area contributed by atoms with Crippen LogP contribution >= 0.6 is 11.6 Å². The van der Waals surface area contributed by atoms with Crippen molar-refractivity contribution in [3.05, 3.63) is 89.0 Å². The Kier molecular flexibility index (Phi) is 6.26. The van der Waals surface area contributed by atoms with Crippen molar-refractivity contribution in [1.29, 1.82) is 0 Å². The molecule has 2 aromatic carbocycles. The minimum atomic E-state index is -0.531. The summed E-state index contributed by atoms with van der Waals surface area (Å²) in [4.78, 5) is 19.0. The van der Waals surface area contributed by atoms with Crippen molar-refractivity contribution < 1.29 is 9.18 Å². The molecule has 1 heterocycles. The molecule has 6 heteroatoms. The highest BCUT2D eigenvalue weighted by molar-refractivity contribution is 6.31. The van der Waals surface area contributed by atoms with Gasteiger partial charge < -0.3 is 10.2 Å². The predicted octanol–water partition coefficient (Wildman–Crippen LogP) is 5.54. The van der Waals surface area contributed by atoms with Crippen LogP contribution in [0.4, 0.5) is 15.8 Å². The Balaban J connectivity index is 1.81. The van der Waals surface area contributed by atoms with Crippen LogP contribution in [0.15, 0.2) is 67.0 Å². The van der Waals surface area contributed by atoms with Gasteiger partial charge in [0, 0.05) is 24.5 Å². The molecule has 3 aromatic rings. The maximum absolute atomic E-state index is 13.3. The minimum absolute atomic E-state index is 0.0430. The van der Waals surface area contributed by atoms with Gasteiger partial charge in [0.2, 0.25) is 0 Å². The molecule has 0 spiro atoms. The number of hydrogen-bond donors (Lipinski definition) is 1. The molecule has 4 nitrogen and oxygen atoms in total. The first kappa shape index (κ1) is 19.8. The lowest BCUT2D eigenvalue weighted by Crippen LogP contribution is -2.30. The Morgan fingerprint density at radius 2 is 1.89 bits per heavy atom. The molecule has 0 bridgehead atoms. The molecule has 0 radical (unpaired) electrons. The molecule has 28 heavy (non-hydrogen) atoms. The number of nitrogens with one attached hydrogen (secondary N) is 1. The van der Waals surface area contributed by atoms with Crippen LogP contribution in [0, 0.1) is 5.82 Å². The number of anilines is 2. The fourth-order valence-corrected chi connectivity index (χ4v) is 3.02. The van der Waals surface area contributed by atoms with Crippen LogP contribution in [0.2, 0.25) is 5.02 Å². The van der Waals surface area contributed by atoms with Gasteiger partial charge in [-0.15, -0.1) is 0 Å². The molecule has 0 aliphatic carbocycles. The number of halogens is 2. The fraction of sp³-hybridized carbons (Fsp3) is 0.182. The van der Waals surface area contributed by atoms with Crippen molar-refractivity contribution in [2.24, 2.45) is 0 Å². The van der Waals surface area contributed by atoms with Crippen molar-refractivity contribution in [1.82, 2.24) is 4.98 Å². The normalized spacial score (nSPS) is 10.8. The maximum atomic E-state index is 13.3. The summed E-state index contributed by atoms with van der Waals surface area (Å²) in [6.07, 6.45) is 3.25. The highest BCUT2D eigenvalue weighted by atomic mass is 35.5. The van der Waals surface area contributed by atoms with Crippen LogP contribution in [-0.4, -0.2) is 16.9 Å². The third-order valence-corrected chi connectivity index (χ3v) is 4.60. The number of nitrogens with zero attached hydrogens (tertiary/aromatic N) is 2. The second-order valence-corrected chi connectivity index (χ2v) is 7.13. The largest absolute Gasteiger partial charge is 0.364 e. The molecule has 0 atom stereocenters. The molecule has 3 rings (SSSR count). The molecular formula is C22H21ClFN3O. The van der Waals surface area contributed by atoms with E-state index in [4.69, 9.17) is 11.6 Å². The van der Waals surface area contributed by atoms with Crippen LogP contribution in [0.25, 0.3) is 0 Å². The standard InChI is InChI=1S/C22H21ClFN3O/c1-15(2)27(14-16-6-4-3-5-7-16)19-10-17(12-25-13-19)22(28)26-18-8-9-21(24)20(23)11-18/h3-13,15H,14H2,1-2H3,(H,26,28). The topological polar surface area (TPSA) is 45.2 Å². The Hall–Kier alpha value is -2.92. The van der Waals surface area contributed by atoms with E-state index in [1.54, 1.807) is 12.3 Å². The van der Waals surface area contributed by atoms with Gasteiger partial charge in [-0.1, -0.05) is 41.9 Å². The first-order chi connectivity index (χ1) is 13.4. The summed E-state index contributed by atoms with van der Waals surface area (Å²) in [5.41, 5.74) is 2.86. The number of rotatable bonds is 6. The zero-order valence-electron chi connectivity index (χ0n) is 15.7. The summed E-state index contributed by atoms with van der Waals surface area (Å²) in [5, 5.41) is 2.68. The molecular weight excluding hydrogens is 377 g/mol. The average molecular weight is 398 g/mol. The third-order valence-electron chi connectivity index (χ3n) is 4.31. The summed E-state index contributed by atoms with van der Waals surface area (Å²) in [5.74, 6) is -0.864. The zero-order chi connectivity index (χ0) is 20.1. The molecule has 0 aliphatic rings. The van der Waals surface area contributed by atoms with Gasteiger partial charge in [0.15, 0.2) is 0 Å². The number of pyridine rings is 1. The molecule has 0 unspecified atom stereocenters. The number of benzene rings is 2. The highest BCUT2D eigenvalue weighted by Gasteiger charge is 2.15. The summed E-state index contributed by atoms with van der Waals surface area (Å²) in [6.45, 7) is 4.89. The van der Waals surface area contributed by atoms with E-state index in [1.807, 2.05) is 18.2 Å². The quantitative estimate of drug-likeness (QED) is 0.593. The van der Waals surface area contributed by atoms with Gasteiger partial charge in [-0.25, -0.2) is 4.39 Å². The SMILES string of the molecule is CC(C)N(Cc1ccccc1)c1cncc(C(=O)Nc2ccc(F)c(Cl)c2)c1. The van der Waals surface area contributed by atoms with Gasteiger partial charge in [-0.2, -0.15) is 0 Å². The van der Waals surface area contributed by atoms with E-state index in [2.05, 4.69) is 41.2 Å². The predicted molar refractivity (Wildman–Crippen MR) is 111 cm³/mol. The number of aromatic nitrogens is 1. The molecule has 0 fully saturated rings. The Bertz CT molecular complexity index is 963. The Labute approximate surface area is 169 Å². The van der Waals surface area contributed by atoms with Crippen molar-refractivity contribution in [3.8, 4) is 0 Å². The summed E-state index contributed by atoms with van der Waals surface area (Å²) in [6, 6.07) is 16.2. The van der Waals surface area contributed by atoms with Gasteiger partial charge in [0.05, 0.1) is 22.5 Å². The van der Waals surface area contributed by atoms with E-state index < -0.39 is 5.82 Å². The second kappa shape index (κ2) is 8.85. The number of carbonyl (C=O) groups excluding carboxylic acids is 1. The van der Waals surface area contributed by atoms with Crippen LogP contribution in [0.1, 0.15) is 29.8 Å². The molecule has 1 amide bonds. The summed E-state index contributed by atoms with van der Waals surface area (Å²) >= 11 is 5.78. The van der Waals surface area contributed by atoms with Gasteiger partial charge in [-0.3, -0.25) is 9.78 Å². The zero-order valence-corrected chi connectivity index (χ0v) is 16.4. The first-order valence-electron chi connectivity index (χ1n) is 8.96. The van der Waals surface area contributed by atoms with Gasteiger partial charge >= 0.3 is 0 Å². The lowest BCUT2D eigenvalue weighted by molar-refractivity contribution is 0.102. The van der Waals surface area contributed by atoms with Gasteiger partial charge in [0.1, 0.15) is 5.82 Å². The lowest BCUT2D eigenvalue weighted by atomic mass is 10.1. The number of carbonyl (C=O) groups is 1. The van der Waals surface area contributed by atoms with E-state index in [0.29, 0.717) is 17.8 Å². The molecule has 1 N–H and O–H groups in total. The first-order valence-corrected chi connectivity index (χ1v) is 9.34. The smallest absolute Gasteiger partial charge is 0.257 e. The van der Waals surface area contributed by atoms with Gasteiger partial charge in [-0.05, 0) is 43.7 Å². The molecule has 0 saturated heterocycles. The molecule has 0 aliphatic heterocycles. The summed E-state index contributed by atoms with van der Waals surface area (Å²) < 4.78 is 13.3. The number of hydrogen-bond acceptors (Lipinski definition) is 3. The Morgan fingerprint density at radius 1 is 1.14 bits per heavy atom. The highest BCUT2D eigenvalue weighted by Crippen LogP contribution is 2.23. The van der Waals surface area contributed by atoms with Crippen molar-refractivity contribution in [2.75, 3.05) is 10.2 Å². The summed E-state index contributed by atoms with van der Waals surface area (Å²) in [7, 11) is 0. The van der Waals surface area contributed by atoms with Gasteiger partial charge in [0.25, 0.3) is 5.91 Å². The fourth-order valence-electron chi connectivity index (χ4n) is 2.84. The Morgan fingerprint density at radius 3 is 2.57 bits per heavy atom. The second-order valence-electron chi connectivity index (χ2n) is 6.72. The minimum Gasteiger partial charge on any atom is -0.364 e. The van der Waals surface area contributed by atoms with E-state index in [9.17, 15) is 9.18 Å². The van der Waals surface area contributed by atoms with Crippen LogP contribution in [-0.2, 0) is 6.54 Å². The maximum Gasteiger partial charge on any atom is 0.257 e. The van der Waals surface area contributed by atoms with E-state index in [-0.39, 0.29) is 17.0 Å².